The molecule has 2 aromatic carbocycles. The molecule has 0 saturated heterocycles. The van der Waals surface area contributed by atoms with Gasteiger partial charge >= 0.3 is 0 Å². The number of nitrogens with two attached hydrogens (primary N) is 1. The fourth-order valence-electron chi connectivity index (χ4n) is 3.98. The number of ether oxygens (including phenoxy) is 3. The molecule has 1 atom stereocenters. The van der Waals surface area contributed by atoms with Gasteiger partial charge in [0, 0.05) is 29.9 Å². The summed E-state index contributed by atoms with van der Waals surface area (Å²) < 4.78 is 17.2. The van der Waals surface area contributed by atoms with Crippen molar-refractivity contribution in [3.8, 4) is 17.2 Å². The Kier molecular flexibility index (Phi) is 2.45. The number of anilines is 2. The summed E-state index contributed by atoms with van der Waals surface area (Å²) in [5, 5.41) is 0. The number of hydrogen-bond donors (Lipinski definition) is 1. The van der Waals surface area contributed by atoms with E-state index in [9.17, 15) is 4.79 Å². The van der Waals surface area contributed by atoms with Crippen LogP contribution in [0.25, 0.3) is 0 Å². The molecule has 3 aliphatic rings. The molecule has 6 nitrogen and oxygen atoms in total. The summed E-state index contributed by atoms with van der Waals surface area (Å²) in [6, 6.07) is 9.27. The zero-order chi connectivity index (χ0) is 16.5. The van der Waals surface area contributed by atoms with E-state index in [2.05, 4.69) is 0 Å². The molecule has 0 saturated carbocycles. The highest BCUT2D eigenvalue weighted by Crippen LogP contribution is 2.55. The standard InChI is InChI=1S/C18H16N2O4/c1-20-12-4-2-3-11(19)16(12)18(17(20)21)9-24-13-8-15-14(7-10(13)18)22-5-6-23-15/h2-4,7-8H,5-6,9,19H2,1H3. The first-order valence-corrected chi connectivity index (χ1v) is 7.87. The van der Waals surface area contributed by atoms with Gasteiger partial charge in [-0.3, -0.25) is 4.79 Å². The number of hydrogen-bond acceptors (Lipinski definition) is 5. The fraction of sp³-hybridized carbons (Fsp3) is 0.278. The van der Waals surface area contributed by atoms with Gasteiger partial charge in [-0.1, -0.05) is 6.07 Å². The minimum atomic E-state index is -0.916. The van der Waals surface area contributed by atoms with Crippen molar-refractivity contribution < 1.29 is 19.0 Å². The third-order valence-electron chi connectivity index (χ3n) is 5.08. The van der Waals surface area contributed by atoms with E-state index in [4.69, 9.17) is 19.9 Å². The molecule has 0 aliphatic carbocycles. The van der Waals surface area contributed by atoms with Crippen LogP contribution in [0.4, 0.5) is 11.4 Å². The van der Waals surface area contributed by atoms with Gasteiger partial charge in [0.1, 0.15) is 31.0 Å². The molecule has 5 rings (SSSR count). The van der Waals surface area contributed by atoms with Crippen LogP contribution in [0.1, 0.15) is 11.1 Å². The quantitative estimate of drug-likeness (QED) is 0.747. The highest BCUT2D eigenvalue weighted by atomic mass is 16.6. The van der Waals surface area contributed by atoms with Gasteiger partial charge in [-0.15, -0.1) is 0 Å². The van der Waals surface area contributed by atoms with Crippen LogP contribution in [0, 0.1) is 0 Å². The van der Waals surface area contributed by atoms with Crippen molar-refractivity contribution in [3.05, 3.63) is 41.5 Å². The van der Waals surface area contributed by atoms with E-state index in [1.807, 2.05) is 30.3 Å². The number of amides is 1. The summed E-state index contributed by atoms with van der Waals surface area (Å²) >= 11 is 0. The maximum absolute atomic E-state index is 13.2. The smallest absolute Gasteiger partial charge is 0.245 e. The van der Waals surface area contributed by atoms with Gasteiger partial charge in [-0.05, 0) is 18.2 Å². The average Bonchev–Trinajstić information content (AvgIpc) is 3.07. The normalized spacial score (nSPS) is 23.2. The topological polar surface area (TPSA) is 74.0 Å². The Labute approximate surface area is 138 Å². The van der Waals surface area contributed by atoms with Crippen LogP contribution >= 0.6 is 0 Å². The van der Waals surface area contributed by atoms with Crippen LogP contribution in [-0.2, 0) is 10.2 Å². The maximum Gasteiger partial charge on any atom is 0.245 e. The molecular formula is C18H16N2O4. The van der Waals surface area contributed by atoms with Gasteiger partial charge in [0.05, 0.1) is 5.69 Å². The van der Waals surface area contributed by atoms with Crippen molar-refractivity contribution >= 4 is 17.3 Å². The molecule has 3 aliphatic heterocycles. The van der Waals surface area contributed by atoms with Gasteiger partial charge < -0.3 is 24.8 Å². The summed E-state index contributed by atoms with van der Waals surface area (Å²) in [5.41, 5.74) is 8.36. The van der Waals surface area contributed by atoms with Crippen molar-refractivity contribution in [2.24, 2.45) is 0 Å². The van der Waals surface area contributed by atoms with E-state index in [1.165, 1.54) is 0 Å². The van der Waals surface area contributed by atoms with Crippen LogP contribution in [0.3, 0.4) is 0 Å². The Morgan fingerprint density at radius 3 is 2.62 bits per heavy atom. The summed E-state index contributed by atoms with van der Waals surface area (Å²) in [6.45, 7) is 1.23. The third-order valence-corrected chi connectivity index (χ3v) is 5.08. The Balaban J connectivity index is 1.80. The van der Waals surface area contributed by atoms with Crippen molar-refractivity contribution in [2.45, 2.75) is 5.41 Å². The lowest BCUT2D eigenvalue weighted by Gasteiger charge is -2.24. The van der Waals surface area contributed by atoms with Crippen LogP contribution in [-0.4, -0.2) is 32.8 Å². The first-order valence-electron chi connectivity index (χ1n) is 7.87. The minimum Gasteiger partial charge on any atom is -0.491 e. The van der Waals surface area contributed by atoms with E-state index < -0.39 is 5.41 Å². The molecule has 1 amide bonds. The third kappa shape index (κ3) is 1.43. The molecule has 24 heavy (non-hydrogen) atoms. The molecule has 0 bridgehead atoms. The highest BCUT2D eigenvalue weighted by molar-refractivity contribution is 6.12. The van der Waals surface area contributed by atoms with Crippen molar-refractivity contribution in [3.63, 3.8) is 0 Å². The Bertz CT molecular complexity index is 895. The van der Waals surface area contributed by atoms with Crippen molar-refractivity contribution in [2.75, 3.05) is 37.5 Å². The molecule has 2 aromatic rings. The number of carbonyl (C=O) groups is 1. The number of nitrogen functional groups attached to an aromatic ring is 1. The van der Waals surface area contributed by atoms with E-state index in [-0.39, 0.29) is 12.5 Å². The Morgan fingerprint density at radius 1 is 1.08 bits per heavy atom. The predicted octanol–water partition coefficient (Wildman–Crippen LogP) is 1.69. The Hall–Kier alpha value is -2.89. The van der Waals surface area contributed by atoms with Crippen LogP contribution < -0.4 is 24.8 Å². The lowest BCUT2D eigenvalue weighted by molar-refractivity contribution is -0.121. The lowest BCUT2D eigenvalue weighted by atomic mass is 9.76. The summed E-state index contributed by atoms with van der Waals surface area (Å²) in [5.74, 6) is 1.91. The number of benzene rings is 2. The molecule has 0 fully saturated rings. The summed E-state index contributed by atoms with van der Waals surface area (Å²) in [4.78, 5) is 14.8. The molecule has 0 radical (unpaired) electrons. The average molecular weight is 324 g/mol. The zero-order valence-electron chi connectivity index (χ0n) is 13.2. The second-order valence-corrected chi connectivity index (χ2v) is 6.29. The van der Waals surface area contributed by atoms with E-state index in [0.717, 1.165) is 16.8 Å². The molecular weight excluding hydrogens is 308 g/mol. The predicted molar refractivity (Wildman–Crippen MR) is 88.0 cm³/mol. The number of likely N-dealkylation sites (N-methyl/N-ethyl adjacent to an activating group) is 1. The number of rotatable bonds is 0. The van der Waals surface area contributed by atoms with Gasteiger partial charge in [0.2, 0.25) is 5.91 Å². The zero-order valence-corrected chi connectivity index (χ0v) is 13.2. The molecule has 3 heterocycles. The molecule has 0 aromatic heterocycles. The van der Waals surface area contributed by atoms with E-state index in [0.29, 0.717) is 36.1 Å². The SMILES string of the molecule is CN1C(=O)C2(COc3cc4c(cc32)OCCO4)c2c(N)cccc21. The molecule has 1 unspecified atom stereocenters. The maximum atomic E-state index is 13.2. The van der Waals surface area contributed by atoms with Gasteiger partial charge in [-0.2, -0.15) is 0 Å². The van der Waals surface area contributed by atoms with E-state index in [1.54, 1.807) is 11.9 Å². The van der Waals surface area contributed by atoms with Crippen LogP contribution in [0.15, 0.2) is 30.3 Å². The van der Waals surface area contributed by atoms with Crippen LogP contribution in [0.2, 0.25) is 0 Å². The number of carbonyl (C=O) groups excluding carboxylic acids is 1. The molecule has 2 N–H and O–H groups in total. The number of fused-ring (bicyclic) bond motifs is 5. The second kappa shape index (κ2) is 4.35. The fourth-order valence-corrected chi connectivity index (χ4v) is 3.98. The second-order valence-electron chi connectivity index (χ2n) is 6.29. The number of nitrogens with zero attached hydrogens (tertiary/aromatic N) is 1. The van der Waals surface area contributed by atoms with Crippen LogP contribution in [0.5, 0.6) is 17.2 Å². The molecule has 122 valence electrons. The van der Waals surface area contributed by atoms with Gasteiger partial charge in [-0.25, -0.2) is 0 Å². The van der Waals surface area contributed by atoms with E-state index >= 15 is 0 Å². The van der Waals surface area contributed by atoms with Crippen molar-refractivity contribution in [1.29, 1.82) is 0 Å². The molecule has 6 heteroatoms. The minimum absolute atomic E-state index is 0.0363. The van der Waals surface area contributed by atoms with Crippen molar-refractivity contribution in [1.82, 2.24) is 0 Å². The largest absolute Gasteiger partial charge is 0.491 e. The first-order chi connectivity index (χ1) is 11.6. The highest BCUT2D eigenvalue weighted by Gasteiger charge is 2.57. The summed E-state index contributed by atoms with van der Waals surface area (Å²) in [6.07, 6.45) is 0. The monoisotopic (exact) mass is 324 g/mol. The first kappa shape index (κ1) is 13.5. The Morgan fingerprint density at radius 2 is 1.83 bits per heavy atom. The van der Waals surface area contributed by atoms with Gasteiger partial charge in [0.25, 0.3) is 0 Å². The molecule has 1 spiro atoms. The summed E-state index contributed by atoms with van der Waals surface area (Å²) in [7, 11) is 1.77. The lowest BCUT2D eigenvalue weighted by Crippen LogP contribution is -2.41. The van der Waals surface area contributed by atoms with Gasteiger partial charge in [0.15, 0.2) is 11.5 Å².